The first kappa shape index (κ1) is 20.0. The Hall–Kier alpha value is -4.25. The number of ether oxygens (including phenoxy) is 1. The van der Waals surface area contributed by atoms with E-state index in [2.05, 4.69) is 26.0 Å². The second-order valence-corrected chi connectivity index (χ2v) is 7.03. The van der Waals surface area contributed by atoms with Crippen LogP contribution in [0.1, 0.15) is 29.8 Å². The molecular formula is C23H21N7O. The van der Waals surface area contributed by atoms with E-state index >= 15 is 0 Å². The van der Waals surface area contributed by atoms with Crippen LogP contribution < -0.4 is 5.73 Å². The van der Waals surface area contributed by atoms with Crippen molar-refractivity contribution >= 4 is 5.71 Å². The quantitative estimate of drug-likeness (QED) is 0.660. The van der Waals surface area contributed by atoms with Crippen LogP contribution in [0.5, 0.6) is 0 Å². The van der Waals surface area contributed by atoms with Crippen LogP contribution in [-0.2, 0) is 4.74 Å². The molecule has 0 bridgehead atoms. The summed E-state index contributed by atoms with van der Waals surface area (Å²) in [7, 11) is 1.69. The zero-order chi connectivity index (χ0) is 22.0. The van der Waals surface area contributed by atoms with Gasteiger partial charge in [0.2, 0.25) is 5.88 Å². The summed E-state index contributed by atoms with van der Waals surface area (Å²) < 4.78 is 7.73. The molecule has 2 aromatic heterocycles. The molecule has 154 valence electrons. The lowest BCUT2D eigenvalue weighted by Crippen LogP contribution is -2.25. The maximum Gasteiger partial charge on any atom is 0.205 e. The van der Waals surface area contributed by atoms with Gasteiger partial charge in [-0.15, -0.1) is 0 Å². The number of aryl methyl sites for hydroxylation is 1. The lowest BCUT2D eigenvalue weighted by molar-refractivity contribution is 0.284. The summed E-state index contributed by atoms with van der Waals surface area (Å²) in [6.07, 6.45) is 8.50. The van der Waals surface area contributed by atoms with Gasteiger partial charge in [-0.1, -0.05) is 12.1 Å². The van der Waals surface area contributed by atoms with Crippen molar-refractivity contribution in [3.8, 4) is 11.8 Å². The van der Waals surface area contributed by atoms with E-state index in [-0.39, 0.29) is 5.88 Å². The lowest BCUT2D eigenvalue weighted by atomic mass is 9.79. The highest BCUT2D eigenvalue weighted by Gasteiger charge is 2.34. The summed E-state index contributed by atoms with van der Waals surface area (Å²) in [6.45, 7) is 3.77. The number of benzene rings is 1. The summed E-state index contributed by atoms with van der Waals surface area (Å²) in [4.78, 5) is 17.0. The molecule has 1 unspecified atom stereocenters. The number of aromatic nitrogens is 4. The molecule has 3 aromatic rings. The standard InChI is InChI=1S/C23H21N7O/c1-14-20(22(26-3)17-11-27-13-28-12-17)21(19(10-24)23(25)31-14)16-4-6-18(7-5-16)30-9-8-29-15(30)2/h4-9,11-13,21H,25H2,1-3H3. The van der Waals surface area contributed by atoms with Crippen LogP contribution in [-0.4, -0.2) is 32.3 Å². The fourth-order valence-corrected chi connectivity index (χ4v) is 3.83. The zero-order valence-electron chi connectivity index (χ0n) is 17.4. The summed E-state index contributed by atoms with van der Waals surface area (Å²) in [5.74, 6) is 1.14. The third kappa shape index (κ3) is 3.57. The minimum Gasteiger partial charge on any atom is -0.445 e. The van der Waals surface area contributed by atoms with Gasteiger partial charge in [-0.25, -0.2) is 15.0 Å². The molecule has 1 aliphatic rings. The van der Waals surface area contributed by atoms with Crippen LogP contribution in [0.25, 0.3) is 5.69 Å². The van der Waals surface area contributed by atoms with Crippen molar-refractivity contribution in [2.75, 3.05) is 7.05 Å². The maximum atomic E-state index is 9.90. The molecule has 0 saturated carbocycles. The first-order valence-electron chi connectivity index (χ1n) is 9.66. The molecular weight excluding hydrogens is 390 g/mol. The molecule has 8 heteroatoms. The number of nitrogens with zero attached hydrogens (tertiary/aromatic N) is 6. The zero-order valence-corrected chi connectivity index (χ0v) is 17.4. The van der Waals surface area contributed by atoms with Gasteiger partial charge < -0.3 is 15.0 Å². The van der Waals surface area contributed by atoms with Crippen molar-refractivity contribution in [1.82, 2.24) is 19.5 Å². The Morgan fingerprint density at radius 3 is 2.48 bits per heavy atom. The fourth-order valence-electron chi connectivity index (χ4n) is 3.83. The minimum absolute atomic E-state index is 0.100. The largest absolute Gasteiger partial charge is 0.445 e. The molecule has 1 aliphatic heterocycles. The molecule has 0 radical (unpaired) electrons. The molecule has 0 spiro atoms. The Morgan fingerprint density at radius 1 is 1.19 bits per heavy atom. The molecule has 0 saturated heterocycles. The third-order valence-electron chi connectivity index (χ3n) is 5.25. The van der Waals surface area contributed by atoms with Gasteiger partial charge in [-0.05, 0) is 31.5 Å². The van der Waals surface area contributed by atoms with Gasteiger partial charge in [0.1, 0.15) is 29.6 Å². The van der Waals surface area contributed by atoms with Crippen LogP contribution in [0.2, 0.25) is 0 Å². The molecule has 0 fully saturated rings. The van der Waals surface area contributed by atoms with Crippen LogP contribution in [0.4, 0.5) is 0 Å². The predicted octanol–water partition coefficient (Wildman–Crippen LogP) is 3.17. The first-order valence-corrected chi connectivity index (χ1v) is 9.66. The topological polar surface area (TPSA) is 115 Å². The van der Waals surface area contributed by atoms with E-state index in [0.29, 0.717) is 17.0 Å². The highest BCUT2D eigenvalue weighted by Crippen LogP contribution is 2.40. The van der Waals surface area contributed by atoms with Gasteiger partial charge in [-0.2, -0.15) is 5.26 Å². The molecule has 4 rings (SSSR count). The molecule has 2 N–H and O–H groups in total. The SMILES string of the molecule is CN=C(C1=C(C)OC(N)=C(C#N)C1c1ccc(-n2ccnc2C)cc1)c1cncnc1. The lowest BCUT2D eigenvalue weighted by Gasteiger charge is -2.29. The second kappa shape index (κ2) is 8.24. The maximum absolute atomic E-state index is 9.90. The number of nitriles is 1. The number of nitrogens with two attached hydrogens (primary N) is 1. The van der Waals surface area contributed by atoms with Gasteiger partial charge in [-0.3, -0.25) is 4.99 Å². The average Bonchev–Trinajstić information content (AvgIpc) is 3.22. The molecule has 31 heavy (non-hydrogen) atoms. The summed E-state index contributed by atoms with van der Waals surface area (Å²) in [6, 6.07) is 10.2. The smallest absolute Gasteiger partial charge is 0.205 e. The Kier molecular flexibility index (Phi) is 5.33. The number of hydrogen-bond acceptors (Lipinski definition) is 7. The van der Waals surface area contributed by atoms with Crippen molar-refractivity contribution in [3.63, 3.8) is 0 Å². The van der Waals surface area contributed by atoms with E-state index in [4.69, 9.17) is 10.5 Å². The fraction of sp³-hybridized carbons (Fsp3) is 0.174. The molecule has 1 atom stereocenters. The summed E-state index contributed by atoms with van der Waals surface area (Å²) in [5, 5.41) is 9.90. The number of hydrogen-bond donors (Lipinski definition) is 1. The van der Waals surface area contributed by atoms with Crippen molar-refractivity contribution in [1.29, 1.82) is 5.26 Å². The molecule has 8 nitrogen and oxygen atoms in total. The van der Waals surface area contributed by atoms with Gasteiger partial charge in [0.15, 0.2) is 0 Å². The highest BCUT2D eigenvalue weighted by atomic mass is 16.5. The summed E-state index contributed by atoms with van der Waals surface area (Å²) in [5.41, 5.74) is 10.5. The van der Waals surface area contributed by atoms with Gasteiger partial charge in [0.25, 0.3) is 0 Å². The minimum atomic E-state index is -0.435. The Balaban J connectivity index is 1.84. The number of aliphatic imine (C=N–C) groups is 1. The van der Waals surface area contributed by atoms with Crippen molar-refractivity contribution < 1.29 is 4.74 Å². The molecule has 0 aliphatic carbocycles. The van der Waals surface area contributed by atoms with Crippen molar-refractivity contribution in [2.24, 2.45) is 10.7 Å². The van der Waals surface area contributed by atoms with Crippen LogP contribution in [0.15, 0.2) is 83.2 Å². The van der Waals surface area contributed by atoms with Gasteiger partial charge in [0, 0.05) is 48.7 Å². The monoisotopic (exact) mass is 411 g/mol. The van der Waals surface area contributed by atoms with Gasteiger partial charge >= 0.3 is 0 Å². The normalized spacial score (nSPS) is 16.8. The predicted molar refractivity (Wildman–Crippen MR) is 116 cm³/mol. The second-order valence-electron chi connectivity index (χ2n) is 7.03. The van der Waals surface area contributed by atoms with Crippen LogP contribution in [0, 0.1) is 18.3 Å². The molecule has 3 heterocycles. The van der Waals surface area contributed by atoms with E-state index in [1.165, 1.54) is 6.33 Å². The Morgan fingerprint density at radius 2 is 1.90 bits per heavy atom. The van der Waals surface area contributed by atoms with Gasteiger partial charge in [0.05, 0.1) is 11.6 Å². The Bertz CT molecular complexity index is 1250. The molecule has 0 amide bonds. The highest BCUT2D eigenvalue weighted by molar-refractivity contribution is 6.14. The van der Waals surface area contributed by atoms with E-state index < -0.39 is 5.92 Å². The molecule has 1 aromatic carbocycles. The van der Waals surface area contributed by atoms with Crippen molar-refractivity contribution in [3.05, 3.63) is 95.1 Å². The van der Waals surface area contributed by atoms with E-state index in [1.807, 2.05) is 48.9 Å². The van der Waals surface area contributed by atoms with Crippen LogP contribution >= 0.6 is 0 Å². The number of rotatable bonds is 4. The number of allylic oxidation sites excluding steroid dienone is 3. The third-order valence-corrected chi connectivity index (χ3v) is 5.25. The summed E-state index contributed by atoms with van der Waals surface area (Å²) >= 11 is 0. The first-order chi connectivity index (χ1) is 15.0. The average molecular weight is 411 g/mol. The van der Waals surface area contributed by atoms with E-state index in [9.17, 15) is 5.26 Å². The van der Waals surface area contributed by atoms with E-state index in [0.717, 1.165) is 28.2 Å². The van der Waals surface area contributed by atoms with Crippen LogP contribution in [0.3, 0.4) is 0 Å². The Labute approximate surface area is 180 Å². The number of imidazole rings is 1. The van der Waals surface area contributed by atoms with Crippen molar-refractivity contribution in [2.45, 2.75) is 19.8 Å². The van der Waals surface area contributed by atoms with E-state index in [1.54, 1.807) is 25.6 Å².